The predicted octanol–water partition coefficient (Wildman–Crippen LogP) is 2.58. The van der Waals surface area contributed by atoms with Gasteiger partial charge in [-0.1, -0.05) is 17.3 Å². The number of nitrogen functional groups attached to an aromatic ring is 1. The summed E-state index contributed by atoms with van der Waals surface area (Å²) in [5, 5.41) is 5.55. The molecule has 16 heavy (non-hydrogen) atoms. The van der Waals surface area contributed by atoms with Gasteiger partial charge in [-0.25, -0.2) is 4.98 Å². The zero-order chi connectivity index (χ0) is 11.3. The normalized spacial score (nSPS) is 11.4. The molecule has 3 rings (SSSR count). The second-order valence-corrected chi connectivity index (χ2v) is 3.99. The number of hydrogen-bond donors (Lipinski definition) is 1. The van der Waals surface area contributed by atoms with E-state index in [1.165, 1.54) is 5.56 Å². The van der Waals surface area contributed by atoms with E-state index in [9.17, 15) is 0 Å². The maximum absolute atomic E-state index is 5.69. The van der Waals surface area contributed by atoms with Gasteiger partial charge in [0.2, 0.25) is 0 Å². The molecule has 2 N–H and O–H groups in total. The molecule has 2 heterocycles. The van der Waals surface area contributed by atoms with Gasteiger partial charge in [0.05, 0.1) is 10.9 Å². The number of hydrogen-bond acceptors (Lipinski definition) is 4. The quantitative estimate of drug-likeness (QED) is 0.623. The lowest BCUT2D eigenvalue weighted by molar-refractivity contribution is 0.453. The van der Waals surface area contributed by atoms with Gasteiger partial charge in [0.1, 0.15) is 0 Å². The average molecular weight is 213 g/mol. The minimum absolute atomic E-state index is 0.391. The van der Waals surface area contributed by atoms with Crippen LogP contribution in [0.15, 0.2) is 22.7 Å². The third kappa shape index (κ3) is 1.10. The van der Waals surface area contributed by atoms with Crippen LogP contribution in [0.4, 0.5) is 5.82 Å². The fourth-order valence-corrected chi connectivity index (χ4v) is 1.86. The van der Waals surface area contributed by atoms with Gasteiger partial charge in [-0.3, -0.25) is 0 Å². The second-order valence-electron chi connectivity index (χ2n) is 3.99. The predicted molar refractivity (Wildman–Crippen MR) is 63.2 cm³/mol. The molecule has 0 aliphatic heterocycles. The van der Waals surface area contributed by atoms with Gasteiger partial charge >= 0.3 is 0 Å². The van der Waals surface area contributed by atoms with Gasteiger partial charge in [0.15, 0.2) is 5.82 Å². The van der Waals surface area contributed by atoms with Crippen molar-refractivity contribution in [1.82, 2.24) is 10.1 Å². The Hall–Kier alpha value is -2.10. The average Bonchev–Trinajstić information content (AvgIpc) is 2.64. The number of rotatable bonds is 0. The summed E-state index contributed by atoms with van der Waals surface area (Å²) in [5.41, 5.74) is 9.51. The molecule has 2 aromatic heterocycles. The Morgan fingerprint density at radius 3 is 2.88 bits per heavy atom. The smallest absolute Gasteiger partial charge is 0.260 e. The third-order valence-corrected chi connectivity index (χ3v) is 2.98. The SMILES string of the molecule is Cc1ccc2cc3c(N)noc3nc2c1C. The Balaban J connectivity index is 2.53. The molecule has 80 valence electrons. The van der Waals surface area contributed by atoms with E-state index < -0.39 is 0 Å². The Morgan fingerprint density at radius 2 is 2.06 bits per heavy atom. The van der Waals surface area contributed by atoms with Gasteiger partial charge in [0, 0.05) is 5.39 Å². The van der Waals surface area contributed by atoms with Crippen LogP contribution in [0.1, 0.15) is 11.1 Å². The highest BCUT2D eigenvalue weighted by Crippen LogP contribution is 2.26. The number of aryl methyl sites for hydroxylation is 2. The van der Waals surface area contributed by atoms with Gasteiger partial charge in [-0.2, -0.15) is 0 Å². The molecule has 0 bridgehead atoms. The van der Waals surface area contributed by atoms with Crippen molar-refractivity contribution in [2.24, 2.45) is 0 Å². The van der Waals surface area contributed by atoms with Crippen molar-refractivity contribution >= 4 is 27.8 Å². The molecule has 0 saturated heterocycles. The molecule has 0 amide bonds. The first kappa shape index (κ1) is 9.15. The Kier molecular flexibility index (Phi) is 1.68. The van der Waals surface area contributed by atoms with Gasteiger partial charge < -0.3 is 10.3 Å². The number of nitrogens with zero attached hydrogens (tertiary/aromatic N) is 2. The van der Waals surface area contributed by atoms with Crippen molar-refractivity contribution in [2.75, 3.05) is 5.73 Å². The van der Waals surface area contributed by atoms with E-state index in [2.05, 4.69) is 30.1 Å². The largest absolute Gasteiger partial charge is 0.380 e. The van der Waals surface area contributed by atoms with E-state index in [4.69, 9.17) is 10.3 Å². The molecule has 1 aromatic carbocycles. The number of nitrogens with two attached hydrogens (primary N) is 1. The van der Waals surface area contributed by atoms with Crippen LogP contribution in [0.5, 0.6) is 0 Å². The summed E-state index contributed by atoms with van der Waals surface area (Å²) in [6, 6.07) is 6.08. The first-order valence-corrected chi connectivity index (χ1v) is 5.08. The molecule has 0 fully saturated rings. The van der Waals surface area contributed by atoms with Crippen molar-refractivity contribution in [3.8, 4) is 0 Å². The van der Waals surface area contributed by atoms with Crippen LogP contribution >= 0.6 is 0 Å². The molecular formula is C12H11N3O. The molecule has 4 heteroatoms. The lowest BCUT2D eigenvalue weighted by atomic mass is 10.0. The zero-order valence-electron chi connectivity index (χ0n) is 9.11. The van der Waals surface area contributed by atoms with Crippen molar-refractivity contribution in [2.45, 2.75) is 13.8 Å². The maximum atomic E-state index is 5.69. The fourth-order valence-electron chi connectivity index (χ4n) is 1.86. The minimum atomic E-state index is 0.391. The number of pyridine rings is 1. The van der Waals surface area contributed by atoms with E-state index >= 15 is 0 Å². The first-order valence-electron chi connectivity index (χ1n) is 5.08. The molecule has 0 unspecified atom stereocenters. The standard InChI is InChI=1S/C12H11N3O/c1-6-3-4-8-5-9-11(13)15-16-12(9)14-10(8)7(6)2/h3-5H,1-2H3,(H2,13,15). The van der Waals surface area contributed by atoms with Crippen molar-refractivity contribution < 1.29 is 4.52 Å². The lowest BCUT2D eigenvalue weighted by Crippen LogP contribution is -1.88. The zero-order valence-corrected chi connectivity index (χ0v) is 9.11. The Bertz CT molecular complexity index is 700. The molecule has 0 spiro atoms. The highest BCUT2D eigenvalue weighted by atomic mass is 16.5. The molecule has 3 aromatic rings. The summed E-state index contributed by atoms with van der Waals surface area (Å²) >= 11 is 0. The Morgan fingerprint density at radius 1 is 1.25 bits per heavy atom. The second kappa shape index (κ2) is 2.95. The summed E-state index contributed by atoms with van der Waals surface area (Å²) in [5.74, 6) is 0.391. The van der Waals surface area contributed by atoms with Crippen LogP contribution in [0, 0.1) is 13.8 Å². The topological polar surface area (TPSA) is 64.9 Å². The molecule has 0 saturated carbocycles. The van der Waals surface area contributed by atoms with Crippen LogP contribution in [0.3, 0.4) is 0 Å². The number of aromatic nitrogens is 2. The fraction of sp³-hybridized carbons (Fsp3) is 0.167. The van der Waals surface area contributed by atoms with Crippen molar-refractivity contribution in [3.63, 3.8) is 0 Å². The molecule has 0 radical (unpaired) electrons. The summed E-state index contributed by atoms with van der Waals surface area (Å²) in [4.78, 5) is 4.45. The van der Waals surface area contributed by atoms with Crippen LogP contribution < -0.4 is 5.73 Å². The molecule has 0 aliphatic rings. The monoisotopic (exact) mass is 213 g/mol. The minimum Gasteiger partial charge on any atom is -0.380 e. The number of anilines is 1. The number of benzene rings is 1. The number of fused-ring (bicyclic) bond motifs is 2. The van der Waals surface area contributed by atoms with E-state index in [0.29, 0.717) is 11.5 Å². The first-order chi connectivity index (χ1) is 7.66. The summed E-state index contributed by atoms with van der Waals surface area (Å²) in [7, 11) is 0. The molecule has 0 atom stereocenters. The van der Waals surface area contributed by atoms with Crippen LogP contribution in [0.25, 0.3) is 22.0 Å². The van der Waals surface area contributed by atoms with E-state index in [-0.39, 0.29) is 0 Å². The van der Waals surface area contributed by atoms with Gasteiger partial charge in [-0.05, 0) is 31.0 Å². The lowest BCUT2D eigenvalue weighted by Gasteiger charge is -2.03. The van der Waals surface area contributed by atoms with E-state index in [1.54, 1.807) is 0 Å². The summed E-state index contributed by atoms with van der Waals surface area (Å²) < 4.78 is 5.07. The molecular weight excluding hydrogens is 202 g/mol. The highest BCUT2D eigenvalue weighted by Gasteiger charge is 2.10. The Labute approximate surface area is 92.0 Å². The van der Waals surface area contributed by atoms with Crippen molar-refractivity contribution in [3.05, 3.63) is 29.3 Å². The van der Waals surface area contributed by atoms with Crippen LogP contribution in [0.2, 0.25) is 0 Å². The third-order valence-electron chi connectivity index (χ3n) is 2.98. The van der Waals surface area contributed by atoms with E-state index in [0.717, 1.165) is 21.9 Å². The van der Waals surface area contributed by atoms with E-state index in [1.807, 2.05) is 12.1 Å². The molecule has 0 aliphatic carbocycles. The van der Waals surface area contributed by atoms with Gasteiger partial charge in [0.25, 0.3) is 5.71 Å². The van der Waals surface area contributed by atoms with Crippen molar-refractivity contribution in [1.29, 1.82) is 0 Å². The highest BCUT2D eigenvalue weighted by molar-refractivity contribution is 5.96. The summed E-state index contributed by atoms with van der Waals surface area (Å²) in [6.07, 6.45) is 0. The molecule has 4 nitrogen and oxygen atoms in total. The summed E-state index contributed by atoms with van der Waals surface area (Å²) in [6.45, 7) is 4.12. The van der Waals surface area contributed by atoms with Crippen LogP contribution in [-0.4, -0.2) is 10.1 Å². The van der Waals surface area contributed by atoms with Crippen LogP contribution in [-0.2, 0) is 0 Å². The maximum Gasteiger partial charge on any atom is 0.260 e. The van der Waals surface area contributed by atoms with Gasteiger partial charge in [-0.15, -0.1) is 0 Å².